The second-order valence-electron chi connectivity index (χ2n) is 9.67. The van der Waals surface area contributed by atoms with Crippen molar-refractivity contribution in [3.63, 3.8) is 0 Å². The van der Waals surface area contributed by atoms with Crippen LogP contribution in [0.3, 0.4) is 0 Å². The molecule has 1 unspecified atom stereocenters. The number of aromatic nitrogens is 1. The number of rotatable bonds is 4. The molecule has 0 radical (unpaired) electrons. The van der Waals surface area contributed by atoms with E-state index < -0.39 is 0 Å². The summed E-state index contributed by atoms with van der Waals surface area (Å²) >= 11 is 12.6. The molecule has 0 amide bonds. The number of benzene rings is 2. The van der Waals surface area contributed by atoms with Crippen molar-refractivity contribution in [1.29, 1.82) is 0 Å². The number of anilines is 1. The number of pyridine rings is 1. The van der Waals surface area contributed by atoms with Crippen LogP contribution in [0.2, 0.25) is 10.0 Å². The van der Waals surface area contributed by atoms with Crippen LogP contribution >= 0.6 is 23.2 Å². The quantitative estimate of drug-likeness (QED) is 0.441. The van der Waals surface area contributed by atoms with Gasteiger partial charge in [0.25, 0.3) is 0 Å². The van der Waals surface area contributed by atoms with E-state index in [1.807, 2.05) is 18.3 Å². The lowest BCUT2D eigenvalue weighted by molar-refractivity contribution is -0.0979. The number of hydrogen-bond donors (Lipinski definition) is 0. The Hall–Kier alpha value is -2.15. The minimum absolute atomic E-state index is 0.150. The van der Waals surface area contributed by atoms with Gasteiger partial charge in [0.05, 0.1) is 36.4 Å². The van der Waals surface area contributed by atoms with Crippen LogP contribution in [-0.4, -0.2) is 49.3 Å². The molecule has 1 aromatic heterocycles. The van der Waals surface area contributed by atoms with Crippen LogP contribution in [0.1, 0.15) is 41.3 Å². The van der Waals surface area contributed by atoms with Gasteiger partial charge in [-0.05, 0) is 59.9 Å². The monoisotopic (exact) mass is 509 g/mol. The number of ether oxygens (including phenoxy) is 2. The average Bonchev–Trinajstić information content (AvgIpc) is 3.20. The summed E-state index contributed by atoms with van der Waals surface area (Å²) < 4.78 is 12.3. The second kappa shape index (κ2) is 9.72. The summed E-state index contributed by atoms with van der Waals surface area (Å²) in [7, 11) is 0. The predicted molar refractivity (Wildman–Crippen MR) is 139 cm³/mol. The van der Waals surface area contributed by atoms with Crippen LogP contribution in [-0.2, 0) is 21.6 Å². The van der Waals surface area contributed by atoms with Crippen LogP contribution in [0.15, 0.2) is 60.8 Å². The highest BCUT2D eigenvalue weighted by Gasteiger charge is 2.47. The normalized spacial score (nSPS) is 21.9. The summed E-state index contributed by atoms with van der Waals surface area (Å²) in [6.45, 7) is 6.21. The highest BCUT2D eigenvalue weighted by Crippen LogP contribution is 2.51. The van der Waals surface area contributed by atoms with Gasteiger partial charge in [-0.3, -0.25) is 9.88 Å². The highest BCUT2D eigenvalue weighted by atomic mass is 35.5. The molecule has 7 heteroatoms. The Bertz CT molecular complexity index is 1170. The topological polar surface area (TPSA) is 37.8 Å². The maximum atomic E-state index is 6.86. The van der Waals surface area contributed by atoms with Gasteiger partial charge in [0.1, 0.15) is 6.10 Å². The summed E-state index contributed by atoms with van der Waals surface area (Å²) in [4.78, 5) is 9.58. The van der Waals surface area contributed by atoms with Crippen LogP contribution < -0.4 is 4.90 Å². The third kappa shape index (κ3) is 4.68. The molecule has 6 rings (SSSR count). The molecule has 0 N–H and O–H groups in total. The minimum atomic E-state index is -0.278. The first-order valence-corrected chi connectivity index (χ1v) is 13.1. The van der Waals surface area contributed by atoms with Crippen molar-refractivity contribution < 1.29 is 9.47 Å². The van der Waals surface area contributed by atoms with E-state index in [9.17, 15) is 0 Å². The Labute approximate surface area is 216 Å². The van der Waals surface area contributed by atoms with Gasteiger partial charge in [0.15, 0.2) is 0 Å². The summed E-state index contributed by atoms with van der Waals surface area (Å²) in [5, 5.41) is 1.27. The lowest BCUT2D eigenvalue weighted by Crippen LogP contribution is -2.42. The summed E-state index contributed by atoms with van der Waals surface area (Å²) in [6.07, 6.45) is 3.74. The van der Waals surface area contributed by atoms with E-state index in [4.69, 9.17) is 37.7 Å². The van der Waals surface area contributed by atoms with Crippen LogP contribution in [0.4, 0.5) is 5.69 Å². The highest BCUT2D eigenvalue weighted by molar-refractivity contribution is 6.34. The molecule has 4 heterocycles. The van der Waals surface area contributed by atoms with Crippen molar-refractivity contribution in [1.82, 2.24) is 9.88 Å². The SMILES string of the molecule is Clc1cc(Cl)cc(C2OC3(CCN(Cc4ccc(N5CCOCC5)cn4)CC3)c3ccccc32)c1. The van der Waals surface area contributed by atoms with Crippen molar-refractivity contribution in [2.45, 2.75) is 31.1 Å². The fraction of sp³-hybridized carbons (Fsp3) is 0.393. The number of likely N-dealkylation sites (tertiary alicyclic amines) is 1. The van der Waals surface area contributed by atoms with E-state index in [-0.39, 0.29) is 11.7 Å². The van der Waals surface area contributed by atoms with Gasteiger partial charge in [-0.15, -0.1) is 0 Å². The first-order valence-electron chi connectivity index (χ1n) is 12.3. The standard InChI is InChI=1S/C28H29Cl2N3O2/c29-21-15-20(16-22(30)17-21)27-25-3-1-2-4-26(25)28(35-27)7-9-32(10-8-28)19-23-5-6-24(18-31-23)33-11-13-34-14-12-33/h1-6,15-18,27H,7-14,19H2. The van der Waals surface area contributed by atoms with Gasteiger partial charge in [-0.1, -0.05) is 47.5 Å². The molecule has 3 aliphatic heterocycles. The summed E-state index contributed by atoms with van der Waals surface area (Å²) in [6, 6.07) is 18.7. The van der Waals surface area contributed by atoms with Crippen LogP contribution in [0.25, 0.3) is 0 Å². The number of piperidine rings is 1. The summed E-state index contributed by atoms with van der Waals surface area (Å²) in [5.41, 5.74) is 5.54. The molecular formula is C28H29Cl2N3O2. The molecule has 0 bridgehead atoms. The fourth-order valence-electron chi connectivity index (χ4n) is 5.67. The Morgan fingerprint density at radius 2 is 1.66 bits per heavy atom. The molecule has 35 heavy (non-hydrogen) atoms. The second-order valence-corrected chi connectivity index (χ2v) is 10.5. The van der Waals surface area contributed by atoms with Crippen LogP contribution in [0.5, 0.6) is 0 Å². The van der Waals surface area contributed by atoms with E-state index >= 15 is 0 Å². The molecule has 2 saturated heterocycles. The zero-order chi connectivity index (χ0) is 23.8. The molecule has 1 atom stereocenters. The summed E-state index contributed by atoms with van der Waals surface area (Å²) in [5.74, 6) is 0. The maximum Gasteiger partial charge on any atom is 0.109 e. The predicted octanol–water partition coefficient (Wildman–Crippen LogP) is 5.84. The number of halogens is 2. The first kappa shape index (κ1) is 23.3. The number of hydrogen-bond acceptors (Lipinski definition) is 5. The van der Waals surface area contributed by atoms with Crippen LogP contribution in [0, 0.1) is 0 Å². The van der Waals surface area contributed by atoms with Gasteiger partial charge >= 0.3 is 0 Å². The van der Waals surface area contributed by atoms with Gasteiger partial charge < -0.3 is 14.4 Å². The Morgan fingerprint density at radius 3 is 2.37 bits per heavy atom. The van der Waals surface area contributed by atoms with E-state index in [1.54, 1.807) is 6.07 Å². The van der Waals surface area contributed by atoms with E-state index in [0.717, 1.165) is 70.0 Å². The number of nitrogens with zero attached hydrogens (tertiary/aromatic N) is 3. The largest absolute Gasteiger partial charge is 0.378 e. The number of morpholine rings is 1. The van der Waals surface area contributed by atoms with Crippen molar-refractivity contribution in [2.24, 2.45) is 0 Å². The Morgan fingerprint density at radius 1 is 0.914 bits per heavy atom. The Balaban J connectivity index is 1.15. The van der Waals surface area contributed by atoms with E-state index in [2.05, 4.69) is 46.2 Å². The zero-order valence-corrected chi connectivity index (χ0v) is 21.1. The number of fused-ring (bicyclic) bond motifs is 2. The van der Waals surface area contributed by atoms with Gasteiger partial charge in [0, 0.05) is 42.8 Å². The zero-order valence-electron chi connectivity index (χ0n) is 19.6. The van der Waals surface area contributed by atoms with E-state index in [0.29, 0.717) is 10.0 Å². The fourth-order valence-corrected chi connectivity index (χ4v) is 6.22. The van der Waals surface area contributed by atoms with Gasteiger partial charge in [-0.25, -0.2) is 0 Å². The molecule has 0 saturated carbocycles. The third-order valence-corrected chi connectivity index (χ3v) is 7.94. The molecular weight excluding hydrogens is 481 g/mol. The molecule has 3 aromatic rings. The Kier molecular flexibility index (Phi) is 6.46. The minimum Gasteiger partial charge on any atom is -0.378 e. The molecule has 3 aliphatic rings. The third-order valence-electron chi connectivity index (χ3n) is 7.50. The van der Waals surface area contributed by atoms with Gasteiger partial charge in [0.2, 0.25) is 0 Å². The van der Waals surface area contributed by atoms with Crippen molar-refractivity contribution >= 4 is 28.9 Å². The van der Waals surface area contributed by atoms with E-state index in [1.165, 1.54) is 16.8 Å². The lowest BCUT2D eigenvalue weighted by atomic mass is 9.83. The molecule has 2 aromatic carbocycles. The molecule has 1 spiro atoms. The molecule has 5 nitrogen and oxygen atoms in total. The average molecular weight is 510 g/mol. The van der Waals surface area contributed by atoms with Crippen molar-refractivity contribution in [2.75, 3.05) is 44.3 Å². The molecule has 2 fully saturated rings. The maximum absolute atomic E-state index is 6.86. The molecule has 182 valence electrons. The molecule has 0 aliphatic carbocycles. The lowest BCUT2D eigenvalue weighted by Gasteiger charge is -2.39. The smallest absolute Gasteiger partial charge is 0.109 e. The van der Waals surface area contributed by atoms with Crippen molar-refractivity contribution in [3.05, 3.63) is 93.2 Å². The van der Waals surface area contributed by atoms with Gasteiger partial charge in [-0.2, -0.15) is 0 Å². The van der Waals surface area contributed by atoms with Crippen molar-refractivity contribution in [3.8, 4) is 0 Å². The first-order chi connectivity index (χ1) is 17.1.